The van der Waals surface area contributed by atoms with Crippen LogP contribution in [0, 0.1) is 0 Å². The van der Waals surface area contributed by atoms with Crippen molar-refractivity contribution < 1.29 is 9.26 Å². The molecule has 3 aromatic rings. The third-order valence-electron chi connectivity index (χ3n) is 4.18. The zero-order valence-electron chi connectivity index (χ0n) is 13.4. The van der Waals surface area contributed by atoms with Gasteiger partial charge in [0.25, 0.3) is 0 Å². The van der Waals surface area contributed by atoms with E-state index in [2.05, 4.69) is 20.8 Å². The zero-order valence-corrected chi connectivity index (χ0v) is 13.4. The number of rotatable bonds is 6. The van der Waals surface area contributed by atoms with E-state index in [1.807, 2.05) is 32.0 Å². The van der Waals surface area contributed by atoms with Gasteiger partial charge in [-0.1, -0.05) is 17.3 Å². The van der Waals surface area contributed by atoms with E-state index in [4.69, 9.17) is 14.2 Å². The predicted molar refractivity (Wildman–Crippen MR) is 85.1 cm³/mol. The lowest BCUT2D eigenvalue weighted by Crippen LogP contribution is -2.05. The Morgan fingerprint density at radius 2 is 2.13 bits per heavy atom. The summed E-state index contributed by atoms with van der Waals surface area (Å²) in [6.07, 6.45) is 2.26. The summed E-state index contributed by atoms with van der Waals surface area (Å²) in [6, 6.07) is 8.20. The summed E-state index contributed by atoms with van der Waals surface area (Å²) in [6.45, 7) is 5.07. The van der Waals surface area contributed by atoms with Crippen molar-refractivity contribution in [3.05, 3.63) is 41.8 Å². The Morgan fingerprint density at radius 1 is 1.30 bits per heavy atom. The first-order valence-electron chi connectivity index (χ1n) is 8.15. The van der Waals surface area contributed by atoms with Crippen LogP contribution in [0.4, 0.5) is 0 Å². The smallest absolute Gasteiger partial charge is 0.246 e. The molecule has 6 heteroatoms. The lowest BCUT2D eigenvalue weighted by atomic mass is 10.3. The fourth-order valence-electron chi connectivity index (χ4n) is 2.87. The highest BCUT2D eigenvalue weighted by Gasteiger charge is 2.30. The van der Waals surface area contributed by atoms with Crippen LogP contribution in [0.15, 0.2) is 28.8 Å². The number of para-hydroxylation sites is 2. The average molecular weight is 312 g/mol. The van der Waals surface area contributed by atoms with E-state index >= 15 is 0 Å². The van der Waals surface area contributed by atoms with Crippen molar-refractivity contribution in [3.8, 4) is 0 Å². The first-order chi connectivity index (χ1) is 11.3. The van der Waals surface area contributed by atoms with Gasteiger partial charge >= 0.3 is 0 Å². The van der Waals surface area contributed by atoms with Gasteiger partial charge in [0.15, 0.2) is 5.82 Å². The van der Waals surface area contributed by atoms with Gasteiger partial charge in [-0.05, 0) is 38.8 Å². The molecule has 0 aliphatic heterocycles. The molecule has 1 aliphatic rings. The Balaban J connectivity index is 1.66. The number of hydrogen-bond donors (Lipinski definition) is 0. The number of imidazole rings is 1. The molecule has 1 saturated carbocycles. The number of aromatic nitrogens is 4. The molecule has 4 rings (SSSR count). The number of ether oxygens (including phenoxy) is 1. The van der Waals surface area contributed by atoms with Crippen molar-refractivity contribution in [1.29, 1.82) is 0 Å². The molecule has 120 valence electrons. The Morgan fingerprint density at radius 3 is 2.91 bits per heavy atom. The number of benzene rings is 1. The fourth-order valence-corrected chi connectivity index (χ4v) is 2.87. The highest BCUT2D eigenvalue weighted by atomic mass is 16.5. The minimum atomic E-state index is -0.153. The second-order valence-corrected chi connectivity index (χ2v) is 5.96. The molecule has 0 N–H and O–H groups in total. The summed E-state index contributed by atoms with van der Waals surface area (Å²) in [5, 5.41) is 4.04. The van der Waals surface area contributed by atoms with Gasteiger partial charge in [-0.2, -0.15) is 4.98 Å². The van der Waals surface area contributed by atoms with Crippen molar-refractivity contribution in [2.75, 3.05) is 6.61 Å². The SMILES string of the molecule is CCOC(C)c1noc(Cn2c(C3CC3)nc3ccccc32)n1. The van der Waals surface area contributed by atoms with Gasteiger partial charge in [0, 0.05) is 12.5 Å². The molecule has 1 atom stereocenters. The van der Waals surface area contributed by atoms with Gasteiger partial charge in [-0.15, -0.1) is 0 Å². The summed E-state index contributed by atoms with van der Waals surface area (Å²) in [7, 11) is 0. The van der Waals surface area contributed by atoms with Crippen LogP contribution in [0.5, 0.6) is 0 Å². The third-order valence-corrected chi connectivity index (χ3v) is 4.18. The van der Waals surface area contributed by atoms with Crippen LogP contribution in [-0.2, 0) is 11.3 Å². The molecule has 1 aromatic carbocycles. The van der Waals surface area contributed by atoms with Crippen LogP contribution < -0.4 is 0 Å². The van der Waals surface area contributed by atoms with Gasteiger partial charge in [-0.25, -0.2) is 4.98 Å². The van der Waals surface area contributed by atoms with Crippen LogP contribution in [0.25, 0.3) is 11.0 Å². The highest BCUT2D eigenvalue weighted by Crippen LogP contribution is 2.40. The number of nitrogens with zero attached hydrogens (tertiary/aromatic N) is 4. The zero-order chi connectivity index (χ0) is 15.8. The quantitative estimate of drug-likeness (QED) is 0.697. The van der Waals surface area contributed by atoms with Gasteiger partial charge in [-0.3, -0.25) is 0 Å². The second-order valence-electron chi connectivity index (χ2n) is 5.96. The standard InChI is InChI=1S/C17H20N4O2/c1-3-22-11(2)16-19-15(23-20-16)10-21-14-7-5-4-6-13(14)18-17(21)12-8-9-12/h4-7,11-12H,3,8-10H2,1-2H3. The monoisotopic (exact) mass is 312 g/mol. The van der Waals surface area contributed by atoms with E-state index in [-0.39, 0.29) is 6.10 Å². The molecule has 0 amide bonds. The van der Waals surface area contributed by atoms with Crippen LogP contribution in [0.1, 0.15) is 56.3 Å². The molecule has 2 heterocycles. The predicted octanol–water partition coefficient (Wildman–Crippen LogP) is 3.44. The molecule has 1 aliphatic carbocycles. The van der Waals surface area contributed by atoms with Crippen LogP contribution >= 0.6 is 0 Å². The van der Waals surface area contributed by atoms with Crippen molar-refractivity contribution in [2.45, 2.75) is 45.3 Å². The maximum Gasteiger partial charge on any atom is 0.246 e. The minimum Gasteiger partial charge on any atom is -0.371 e. The van der Waals surface area contributed by atoms with E-state index in [0.29, 0.717) is 30.8 Å². The third kappa shape index (κ3) is 2.74. The lowest BCUT2D eigenvalue weighted by Gasteiger charge is -2.06. The molecular weight excluding hydrogens is 292 g/mol. The fraction of sp³-hybridized carbons (Fsp3) is 0.471. The highest BCUT2D eigenvalue weighted by molar-refractivity contribution is 5.76. The Bertz CT molecular complexity index is 819. The lowest BCUT2D eigenvalue weighted by molar-refractivity contribution is 0.0683. The molecule has 23 heavy (non-hydrogen) atoms. The number of fused-ring (bicyclic) bond motifs is 1. The Hall–Kier alpha value is -2.21. The van der Waals surface area contributed by atoms with E-state index in [1.165, 1.54) is 12.8 Å². The molecule has 1 unspecified atom stereocenters. The second kappa shape index (κ2) is 5.77. The van der Waals surface area contributed by atoms with E-state index in [1.54, 1.807) is 0 Å². The van der Waals surface area contributed by atoms with E-state index < -0.39 is 0 Å². The van der Waals surface area contributed by atoms with Crippen molar-refractivity contribution in [2.24, 2.45) is 0 Å². The molecule has 0 saturated heterocycles. The van der Waals surface area contributed by atoms with Crippen molar-refractivity contribution in [3.63, 3.8) is 0 Å². The van der Waals surface area contributed by atoms with Gasteiger partial charge in [0.2, 0.25) is 5.89 Å². The van der Waals surface area contributed by atoms with Crippen LogP contribution in [0.2, 0.25) is 0 Å². The summed E-state index contributed by atoms with van der Waals surface area (Å²) in [5.41, 5.74) is 2.14. The molecular formula is C17H20N4O2. The van der Waals surface area contributed by atoms with Gasteiger partial charge in [0.05, 0.1) is 11.0 Å². The van der Waals surface area contributed by atoms with Crippen molar-refractivity contribution >= 4 is 11.0 Å². The normalized spacial score (nSPS) is 16.1. The first kappa shape index (κ1) is 14.4. The summed E-state index contributed by atoms with van der Waals surface area (Å²) in [5.74, 6) is 2.88. The first-order valence-corrected chi connectivity index (χ1v) is 8.15. The topological polar surface area (TPSA) is 66.0 Å². The van der Waals surface area contributed by atoms with E-state index in [0.717, 1.165) is 16.9 Å². The van der Waals surface area contributed by atoms with Crippen LogP contribution in [-0.4, -0.2) is 26.3 Å². The maximum absolute atomic E-state index is 5.51. The van der Waals surface area contributed by atoms with Gasteiger partial charge in [0.1, 0.15) is 18.5 Å². The van der Waals surface area contributed by atoms with Gasteiger partial charge < -0.3 is 13.8 Å². The molecule has 2 aromatic heterocycles. The molecule has 0 bridgehead atoms. The molecule has 6 nitrogen and oxygen atoms in total. The van der Waals surface area contributed by atoms with Crippen LogP contribution in [0.3, 0.4) is 0 Å². The summed E-state index contributed by atoms with van der Waals surface area (Å²) < 4.78 is 13.1. The maximum atomic E-state index is 5.51. The van der Waals surface area contributed by atoms with E-state index in [9.17, 15) is 0 Å². The minimum absolute atomic E-state index is 0.153. The molecule has 0 spiro atoms. The average Bonchev–Trinajstić information content (AvgIpc) is 3.19. The molecule has 1 fully saturated rings. The largest absolute Gasteiger partial charge is 0.371 e. The molecule has 0 radical (unpaired) electrons. The number of hydrogen-bond acceptors (Lipinski definition) is 5. The summed E-state index contributed by atoms with van der Waals surface area (Å²) in [4.78, 5) is 9.27. The van der Waals surface area contributed by atoms with Crippen molar-refractivity contribution in [1.82, 2.24) is 19.7 Å². The summed E-state index contributed by atoms with van der Waals surface area (Å²) >= 11 is 0. The Labute approximate surface area is 134 Å². The Kier molecular flexibility index (Phi) is 3.61.